The molecule has 4 nitrogen and oxygen atoms in total. The first-order valence-electron chi connectivity index (χ1n) is 6.50. The van der Waals surface area contributed by atoms with E-state index in [9.17, 15) is 12.8 Å². The number of nitrogens with two attached hydrogens (primary N) is 1. The van der Waals surface area contributed by atoms with Crippen molar-refractivity contribution < 1.29 is 12.8 Å². The van der Waals surface area contributed by atoms with Gasteiger partial charge in [-0.05, 0) is 24.5 Å². The Hall–Kier alpha value is -1.05. The molecule has 0 aromatic heterocycles. The SMILES string of the molecule is NC(=S)c1c(F)cccc1S(=O)(=O)NCCC1CCC1. The van der Waals surface area contributed by atoms with E-state index >= 15 is 0 Å². The maximum absolute atomic E-state index is 13.7. The summed E-state index contributed by atoms with van der Waals surface area (Å²) in [6.45, 7) is 0.348. The molecule has 0 saturated heterocycles. The molecule has 0 aliphatic heterocycles. The molecule has 0 amide bonds. The van der Waals surface area contributed by atoms with Gasteiger partial charge in [-0.3, -0.25) is 0 Å². The normalized spacial score (nSPS) is 15.8. The van der Waals surface area contributed by atoms with E-state index in [1.54, 1.807) is 0 Å². The lowest BCUT2D eigenvalue weighted by atomic mass is 9.83. The first-order valence-corrected chi connectivity index (χ1v) is 8.39. The number of hydrogen-bond acceptors (Lipinski definition) is 3. The molecule has 2 rings (SSSR count). The van der Waals surface area contributed by atoms with E-state index in [1.807, 2.05) is 0 Å². The molecule has 1 aliphatic carbocycles. The Bertz CT molecular complexity index is 613. The van der Waals surface area contributed by atoms with Crippen LogP contribution in [-0.2, 0) is 10.0 Å². The smallest absolute Gasteiger partial charge is 0.241 e. The zero-order chi connectivity index (χ0) is 14.8. The van der Waals surface area contributed by atoms with Gasteiger partial charge in [0, 0.05) is 6.54 Å². The molecule has 1 aromatic rings. The standard InChI is InChI=1S/C13H17FN2O2S2/c14-10-5-2-6-11(12(10)13(15)19)20(17,18)16-8-7-9-3-1-4-9/h2,5-6,9,16H,1,3-4,7-8H2,(H2,15,19). The van der Waals surface area contributed by atoms with E-state index < -0.39 is 15.8 Å². The van der Waals surface area contributed by atoms with E-state index in [0.29, 0.717) is 12.5 Å². The first-order chi connectivity index (χ1) is 9.42. The second-order valence-corrected chi connectivity index (χ2v) is 7.14. The summed E-state index contributed by atoms with van der Waals surface area (Å²) in [6, 6.07) is 3.78. The Labute approximate surface area is 123 Å². The number of rotatable bonds is 6. The van der Waals surface area contributed by atoms with Crippen LogP contribution in [0.2, 0.25) is 0 Å². The molecule has 0 spiro atoms. The zero-order valence-corrected chi connectivity index (χ0v) is 12.6. The predicted molar refractivity (Wildman–Crippen MR) is 79.4 cm³/mol. The lowest BCUT2D eigenvalue weighted by Crippen LogP contribution is -2.29. The van der Waals surface area contributed by atoms with E-state index in [1.165, 1.54) is 18.6 Å². The third-order valence-electron chi connectivity index (χ3n) is 3.58. The molecule has 0 bridgehead atoms. The number of sulfonamides is 1. The molecule has 0 atom stereocenters. The van der Waals surface area contributed by atoms with Gasteiger partial charge in [-0.1, -0.05) is 37.5 Å². The molecule has 110 valence electrons. The maximum Gasteiger partial charge on any atom is 0.241 e. The van der Waals surface area contributed by atoms with Crippen LogP contribution in [0.5, 0.6) is 0 Å². The van der Waals surface area contributed by atoms with Crippen molar-refractivity contribution in [1.82, 2.24) is 4.72 Å². The fourth-order valence-corrected chi connectivity index (χ4v) is 3.77. The van der Waals surface area contributed by atoms with E-state index in [-0.39, 0.29) is 15.4 Å². The highest BCUT2D eigenvalue weighted by Gasteiger charge is 2.23. The summed E-state index contributed by atoms with van der Waals surface area (Å²) >= 11 is 4.73. The largest absolute Gasteiger partial charge is 0.389 e. The molecule has 7 heteroatoms. The topological polar surface area (TPSA) is 72.2 Å². The van der Waals surface area contributed by atoms with E-state index in [2.05, 4.69) is 4.72 Å². The monoisotopic (exact) mass is 316 g/mol. The molecule has 1 aliphatic rings. The molecule has 3 N–H and O–H groups in total. The highest BCUT2D eigenvalue weighted by Crippen LogP contribution is 2.29. The Kier molecular flexibility index (Phi) is 4.72. The third kappa shape index (κ3) is 3.34. The number of nitrogens with one attached hydrogen (secondary N) is 1. The van der Waals surface area contributed by atoms with Crippen molar-refractivity contribution in [2.24, 2.45) is 11.7 Å². The van der Waals surface area contributed by atoms with Crippen LogP contribution in [0.15, 0.2) is 23.1 Å². The van der Waals surface area contributed by atoms with Gasteiger partial charge in [0.1, 0.15) is 10.8 Å². The lowest BCUT2D eigenvalue weighted by Gasteiger charge is -2.25. The van der Waals surface area contributed by atoms with Crippen LogP contribution in [-0.4, -0.2) is 20.0 Å². The molecule has 0 radical (unpaired) electrons. The van der Waals surface area contributed by atoms with Crippen molar-refractivity contribution in [2.75, 3.05) is 6.54 Å². The van der Waals surface area contributed by atoms with Crippen molar-refractivity contribution in [3.63, 3.8) is 0 Å². The molecular weight excluding hydrogens is 299 g/mol. The van der Waals surface area contributed by atoms with Crippen LogP contribution in [0, 0.1) is 11.7 Å². The highest BCUT2D eigenvalue weighted by molar-refractivity contribution is 7.89. The van der Waals surface area contributed by atoms with Crippen LogP contribution < -0.4 is 10.5 Å². The van der Waals surface area contributed by atoms with Gasteiger partial charge in [0.15, 0.2) is 0 Å². The number of hydrogen-bond donors (Lipinski definition) is 2. The van der Waals surface area contributed by atoms with Crippen molar-refractivity contribution in [2.45, 2.75) is 30.6 Å². The maximum atomic E-state index is 13.7. The Morgan fingerprint density at radius 1 is 1.45 bits per heavy atom. The predicted octanol–water partition coefficient (Wildman–Crippen LogP) is 1.93. The number of halogens is 1. The summed E-state index contributed by atoms with van der Waals surface area (Å²) in [6.07, 6.45) is 4.32. The van der Waals surface area contributed by atoms with Gasteiger partial charge in [-0.15, -0.1) is 0 Å². The quantitative estimate of drug-likeness (QED) is 0.787. The van der Waals surface area contributed by atoms with Gasteiger partial charge in [0.25, 0.3) is 0 Å². The highest BCUT2D eigenvalue weighted by atomic mass is 32.2. The second kappa shape index (κ2) is 6.15. The van der Waals surface area contributed by atoms with Crippen LogP contribution in [0.1, 0.15) is 31.2 Å². The van der Waals surface area contributed by atoms with Gasteiger partial charge in [-0.25, -0.2) is 17.5 Å². The summed E-state index contributed by atoms with van der Waals surface area (Å²) in [7, 11) is -3.80. The van der Waals surface area contributed by atoms with Crippen molar-refractivity contribution in [3.8, 4) is 0 Å². The van der Waals surface area contributed by atoms with Crippen LogP contribution >= 0.6 is 12.2 Å². The van der Waals surface area contributed by atoms with Crippen LogP contribution in [0.3, 0.4) is 0 Å². The van der Waals surface area contributed by atoms with Gasteiger partial charge in [0.2, 0.25) is 10.0 Å². The van der Waals surface area contributed by atoms with Crippen LogP contribution in [0.4, 0.5) is 4.39 Å². The lowest BCUT2D eigenvalue weighted by molar-refractivity contribution is 0.297. The molecule has 20 heavy (non-hydrogen) atoms. The number of thiocarbonyl (C=S) groups is 1. The zero-order valence-electron chi connectivity index (χ0n) is 10.9. The summed E-state index contributed by atoms with van der Waals surface area (Å²) < 4.78 is 40.6. The van der Waals surface area contributed by atoms with E-state index in [4.69, 9.17) is 18.0 Å². The molecule has 1 aromatic carbocycles. The fraction of sp³-hybridized carbons (Fsp3) is 0.462. The van der Waals surface area contributed by atoms with Crippen molar-refractivity contribution in [1.29, 1.82) is 0 Å². The summed E-state index contributed by atoms with van der Waals surface area (Å²) in [5.74, 6) is -0.125. The average Bonchev–Trinajstić information content (AvgIpc) is 2.31. The van der Waals surface area contributed by atoms with E-state index in [0.717, 1.165) is 25.3 Å². The van der Waals surface area contributed by atoms with Gasteiger partial charge in [0.05, 0.1) is 10.5 Å². The first kappa shape index (κ1) is 15.3. The summed E-state index contributed by atoms with van der Waals surface area (Å²) in [5, 5.41) is 0. The molecule has 0 heterocycles. The molecule has 1 fully saturated rings. The minimum Gasteiger partial charge on any atom is -0.389 e. The van der Waals surface area contributed by atoms with Crippen molar-refractivity contribution in [3.05, 3.63) is 29.6 Å². The molecule has 1 saturated carbocycles. The van der Waals surface area contributed by atoms with Gasteiger partial charge in [-0.2, -0.15) is 0 Å². The van der Waals surface area contributed by atoms with Gasteiger partial charge >= 0.3 is 0 Å². The fourth-order valence-electron chi connectivity index (χ4n) is 2.22. The minimum absolute atomic E-state index is 0.196. The molecular formula is C13H17FN2O2S2. The molecule has 0 unspecified atom stereocenters. The minimum atomic E-state index is -3.80. The second-order valence-electron chi connectivity index (χ2n) is 4.96. The Morgan fingerprint density at radius 2 is 2.15 bits per heavy atom. The number of benzene rings is 1. The summed E-state index contributed by atoms with van der Waals surface area (Å²) in [4.78, 5) is -0.457. The van der Waals surface area contributed by atoms with Crippen LogP contribution in [0.25, 0.3) is 0 Å². The average molecular weight is 316 g/mol. The summed E-state index contributed by atoms with van der Waals surface area (Å²) in [5.41, 5.74) is 5.20. The Morgan fingerprint density at radius 3 is 2.70 bits per heavy atom. The Balaban J connectivity index is 2.16. The van der Waals surface area contributed by atoms with Crippen molar-refractivity contribution >= 4 is 27.2 Å². The van der Waals surface area contributed by atoms with Gasteiger partial charge < -0.3 is 5.73 Å². The third-order valence-corrected chi connectivity index (χ3v) is 5.29.